The van der Waals surface area contributed by atoms with E-state index < -0.39 is 10.0 Å². The second-order valence-corrected chi connectivity index (χ2v) is 12.2. The molecular formula is C27H26ClN3O4S2. The largest absolute Gasteiger partial charge is 0.376 e. The number of benzene rings is 3. The Balaban J connectivity index is 1.41. The number of thiazole rings is 1. The number of amides is 1. The van der Waals surface area contributed by atoms with E-state index in [2.05, 4.69) is 10.8 Å². The number of carbonyl (C=O) groups excluding carboxylic acids is 1. The molecule has 1 unspecified atom stereocenters. The minimum absolute atomic E-state index is 0.0516. The van der Waals surface area contributed by atoms with E-state index in [9.17, 15) is 13.2 Å². The summed E-state index contributed by atoms with van der Waals surface area (Å²) in [4.78, 5) is 20.3. The van der Waals surface area contributed by atoms with Gasteiger partial charge in [0.1, 0.15) is 0 Å². The van der Waals surface area contributed by atoms with E-state index in [0.29, 0.717) is 34.6 Å². The van der Waals surface area contributed by atoms with Crippen molar-refractivity contribution in [3.8, 4) is 0 Å². The number of hydrogen-bond acceptors (Lipinski definition) is 6. The van der Waals surface area contributed by atoms with Crippen LogP contribution in [-0.2, 0) is 14.8 Å². The van der Waals surface area contributed by atoms with Crippen LogP contribution in [0, 0.1) is 13.8 Å². The van der Waals surface area contributed by atoms with E-state index in [0.717, 1.165) is 34.2 Å². The first-order chi connectivity index (χ1) is 17.7. The lowest BCUT2D eigenvalue weighted by molar-refractivity contribution is 0.0917. The van der Waals surface area contributed by atoms with Gasteiger partial charge in [-0.05, 0) is 92.4 Å². The molecule has 7 nitrogen and oxygen atoms in total. The highest BCUT2D eigenvalue weighted by atomic mass is 35.5. The lowest BCUT2D eigenvalue weighted by atomic mass is 10.1. The van der Waals surface area contributed by atoms with Crippen LogP contribution in [0.5, 0.6) is 0 Å². The van der Waals surface area contributed by atoms with Crippen LogP contribution >= 0.6 is 22.9 Å². The SMILES string of the molecule is Cc1cc(C)c2sc(N(CC3CCCO3)C(=O)c3ccc(NS(=O)(=O)c4ccc(Cl)cc4)cc3)nc2c1. The average Bonchev–Trinajstić information content (AvgIpc) is 3.53. The Morgan fingerprint density at radius 3 is 2.54 bits per heavy atom. The van der Waals surface area contributed by atoms with Crippen LogP contribution in [0.1, 0.15) is 34.3 Å². The fourth-order valence-corrected chi connectivity index (χ4v) is 6.59. The third kappa shape index (κ3) is 5.65. The van der Waals surface area contributed by atoms with Gasteiger partial charge in [-0.3, -0.25) is 14.4 Å². The maximum Gasteiger partial charge on any atom is 0.261 e. The summed E-state index contributed by atoms with van der Waals surface area (Å²) in [6, 6.07) is 16.4. The van der Waals surface area contributed by atoms with Gasteiger partial charge in [-0.15, -0.1) is 0 Å². The molecule has 1 atom stereocenters. The maximum absolute atomic E-state index is 13.7. The number of fused-ring (bicyclic) bond motifs is 1. The number of hydrogen-bond donors (Lipinski definition) is 1. The Morgan fingerprint density at radius 1 is 1.14 bits per heavy atom. The van der Waals surface area contributed by atoms with Crippen molar-refractivity contribution < 1.29 is 17.9 Å². The van der Waals surface area contributed by atoms with E-state index in [1.165, 1.54) is 35.6 Å². The van der Waals surface area contributed by atoms with Gasteiger partial charge in [0, 0.05) is 22.9 Å². The molecule has 0 bridgehead atoms. The van der Waals surface area contributed by atoms with E-state index >= 15 is 0 Å². The molecule has 1 aliphatic rings. The number of rotatable bonds is 7. The van der Waals surface area contributed by atoms with E-state index in [4.69, 9.17) is 21.3 Å². The molecule has 5 rings (SSSR count). The van der Waals surface area contributed by atoms with Crippen molar-refractivity contribution in [2.24, 2.45) is 0 Å². The summed E-state index contributed by atoms with van der Waals surface area (Å²) >= 11 is 7.36. The van der Waals surface area contributed by atoms with Gasteiger partial charge >= 0.3 is 0 Å². The molecule has 1 aliphatic heterocycles. The summed E-state index contributed by atoms with van der Waals surface area (Å²) < 4.78 is 34.8. The number of nitrogens with zero attached hydrogens (tertiary/aromatic N) is 2. The molecule has 1 aromatic heterocycles. The number of aryl methyl sites for hydroxylation is 2. The lowest BCUT2D eigenvalue weighted by Crippen LogP contribution is -2.37. The molecule has 2 heterocycles. The molecule has 0 radical (unpaired) electrons. The normalized spacial score (nSPS) is 15.7. The molecule has 1 fully saturated rings. The highest BCUT2D eigenvalue weighted by molar-refractivity contribution is 7.92. The van der Waals surface area contributed by atoms with E-state index in [1.54, 1.807) is 29.2 Å². The number of halogens is 1. The maximum atomic E-state index is 13.7. The van der Waals surface area contributed by atoms with Gasteiger partial charge in [-0.25, -0.2) is 13.4 Å². The molecule has 192 valence electrons. The van der Waals surface area contributed by atoms with Crippen molar-refractivity contribution in [1.82, 2.24) is 4.98 Å². The van der Waals surface area contributed by atoms with Gasteiger partial charge in [0.15, 0.2) is 5.13 Å². The Kier molecular flexibility index (Phi) is 7.22. The van der Waals surface area contributed by atoms with Gasteiger partial charge in [0.05, 0.1) is 27.8 Å². The fraction of sp³-hybridized carbons (Fsp3) is 0.259. The molecule has 4 aromatic rings. The van der Waals surface area contributed by atoms with Gasteiger partial charge in [-0.2, -0.15) is 0 Å². The molecule has 1 saturated heterocycles. The highest BCUT2D eigenvalue weighted by Gasteiger charge is 2.27. The Bertz CT molecular complexity index is 1550. The number of carbonyl (C=O) groups is 1. The molecule has 0 spiro atoms. The number of sulfonamides is 1. The van der Waals surface area contributed by atoms with Gasteiger partial charge in [0.25, 0.3) is 15.9 Å². The number of anilines is 2. The predicted octanol–water partition coefficient (Wildman–Crippen LogP) is 6.19. The van der Waals surface area contributed by atoms with Crippen LogP contribution in [0.2, 0.25) is 5.02 Å². The summed E-state index contributed by atoms with van der Waals surface area (Å²) in [6.07, 6.45) is 1.80. The zero-order valence-electron chi connectivity index (χ0n) is 20.4. The van der Waals surface area contributed by atoms with Crippen molar-refractivity contribution in [3.63, 3.8) is 0 Å². The third-order valence-electron chi connectivity index (χ3n) is 6.20. The molecule has 37 heavy (non-hydrogen) atoms. The summed E-state index contributed by atoms with van der Waals surface area (Å²) in [7, 11) is -3.79. The summed E-state index contributed by atoms with van der Waals surface area (Å²) in [5.41, 5.74) is 3.90. The Morgan fingerprint density at radius 2 is 1.86 bits per heavy atom. The Labute approximate surface area is 225 Å². The standard InChI is InChI=1S/C27H26ClN3O4S2/c1-17-14-18(2)25-24(15-17)29-27(36-25)31(16-22-4-3-13-35-22)26(32)19-5-9-21(10-6-19)30-37(33,34)23-11-7-20(28)8-12-23/h5-12,14-15,22,30H,3-4,13,16H2,1-2H3. The second kappa shape index (κ2) is 10.4. The van der Waals surface area contributed by atoms with Crippen molar-refractivity contribution >= 4 is 59.9 Å². The van der Waals surface area contributed by atoms with Crippen LogP contribution in [0.25, 0.3) is 10.2 Å². The van der Waals surface area contributed by atoms with Crippen molar-refractivity contribution in [1.29, 1.82) is 0 Å². The van der Waals surface area contributed by atoms with E-state index in [-0.39, 0.29) is 16.9 Å². The molecule has 3 aromatic carbocycles. The minimum Gasteiger partial charge on any atom is -0.376 e. The smallest absolute Gasteiger partial charge is 0.261 e. The van der Waals surface area contributed by atoms with Crippen molar-refractivity contribution in [2.45, 2.75) is 37.7 Å². The fourth-order valence-electron chi connectivity index (χ4n) is 4.38. The molecule has 0 aliphatic carbocycles. The first-order valence-electron chi connectivity index (χ1n) is 11.9. The van der Waals surface area contributed by atoms with Crippen LogP contribution in [0.15, 0.2) is 65.6 Å². The summed E-state index contributed by atoms with van der Waals surface area (Å²) in [6.45, 7) is 5.17. The van der Waals surface area contributed by atoms with E-state index in [1.807, 2.05) is 19.9 Å². The highest BCUT2D eigenvalue weighted by Crippen LogP contribution is 2.34. The van der Waals surface area contributed by atoms with Gasteiger partial charge < -0.3 is 4.74 Å². The van der Waals surface area contributed by atoms with Crippen LogP contribution < -0.4 is 9.62 Å². The number of nitrogens with one attached hydrogen (secondary N) is 1. The topological polar surface area (TPSA) is 88.6 Å². The zero-order valence-corrected chi connectivity index (χ0v) is 22.8. The molecule has 10 heteroatoms. The molecule has 0 saturated carbocycles. The molecular weight excluding hydrogens is 530 g/mol. The third-order valence-corrected chi connectivity index (χ3v) is 9.08. The van der Waals surface area contributed by atoms with Gasteiger partial charge in [-0.1, -0.05) is 29.0 Å². The van der Waals surface area contributed by atoms with Gasteiger partial charge in [0.2, 0.25) is 0 Å². The Hall–Kier alpha value is -2.98. The first kappa shape index (κ1) is 25.7. The second-order valence-electron chi connectivity index (χ2n) is 9.11. The van der Waals surface area contributed by atoms with Crippen LogP contribution in [0.3, 0.4) is 0 Å². The quantitative estimate of drug-likeness (QED) is 0.293. The van der Waals surface area contributed by atoms with Crippen molar-refractivity contribution in [3.05, 3.63) is 82.4 Å². The van der Waals surface area contributed by atoms with Crippen LogP contribution in [-0.4, -0.2) is 38.6 Å². The summed E-state index contributed by atoms with van der Waals surface area (Å²) in [5.74, 6) is -0.212. The molecule has 1 amide bonds. The summed E-state index contributed by atoms with van der Waals surface area (Å²) in [5, 5.41) is 1.07. The lowest BCUT2D eigenvalue weighted by Gasteiger charge is -2.23. The first-order valence-corrected chi connectivity index (χ1v) is 14.6. The monoisotopic (exact) mass is 555 g/mol. The number of ether oxygens (including phenoxy) is 1. The molecule has 1 N–H and O–H groups in total. The average molecular weight is 556 g/mol. The minimum atomic E-state index is -3.79. The van der Waals surface area contributed by atoms with Crippen molar-refractivity contribution in [2.75, 3.05) is 22.8 Å². The van der Waals surface area contributed by atoms with Crippen LogP contribution in [0.4, 0.5) is 10.8 Å². The number of aromatic nitrogens is 1. The predicted molar refractivity (Wildman–Crippen MR) is 148 cm³/mol. The zero-order chi connectivity index (χ0) is 26.2.